The van der Waals surface area contributed by atoms with Crippen molar-refractivity contribution < 1.29 is 14.3 Å². The van der Waals surface area contributed by atoms with Gasteiger partial charge in [-0.3, -0.25) is 4.79 Å². The topological polar surface area (TPSA) is 73.6 Å². The smallest absolute Gasteiger partial charge is 0.257 e. The lowest BCUT2D eigenvalue weighted by Gasteiger charge is -2.15. The third-order valence-electron chi connectivity index (χ3n) is 2.80. The van der Waals surface area contributed by atoms with Crippen LogP contribution in [0, 0.1) is 0 Å². The summed E-state index contributed by atoms with van der Waals surface area (Å²) in [7, 11) is 0. The van der Waals surface area contributed by atoms with E-state index < -0.39 is 0 Å². The van der Waals surface area contributed by atoms with Crippen LogP contribution in [-0.4, -0.2) is 25.7 Å². The number of hydrogen-bond donors (Lipinski definition) is 2. The minimum Gasteiger partial charge on any atom is -0.490 e. The second-order valence-corrected chi connectivity index (χ2v) is 5.39. The number of carbonyl (C=O) groups is 1. The van der Waals surface area contributed by atoms with Crippen LogP contribution in [0.1, 0.15) is 32.3 Å². The van der Waals surface area contributed by atoms with Crippen LogP contribution < -0.4 is 20.5 Å². The lowest BCUT2D eigenvalue weighted by Crippen LogP contribution is -2.29. The molecule has 0 aromatic heterocycles. The van der Waals surface area contributed by atoms with E-state index in [9.17, 15) is 4.79 Å². The average molecular weight is 359 g/mol. The number of rotatable bonds is 9. The molecule has 0 aliphatic rings. The second kappa shape index (κ2) is 9.63. The molecule has 3 N–H and O–H groups in total. The summed E-state index contributed by atoms with van der Waals surface area (Å²) in [5, 5.41) is 2.81. The van der Waals surface area contributed by atoms with Gasteiger partial charge in [-0.2, -0.15) is 0 Å². The van der Waals surface area contributed by atoms with Crippen LogP contribution in [0.15, 0.2) is 16.6 Å². The number of carbonyl (C=O) groups excluding carboxylic acids is 1. The number of nitrogens with one attached hydrogen (secondary N) is 1. The Morgan fingerprint density at radius 2 is 2.10 bits per heavy atom. The van der Waals surface area contributed by atoms with Crippen LogP contribution in [0.2, 0.25) is 0 Å². The monoisotopic (exact) mass is 358 g/mol. The van der Waals surface area contributed by atoms with Crippen LogP contribution in [-0.2, 0) is 11.3 Å². The van der Waals surface area contributed by atoms with Gasteiger partial charge in [0.2, 0.25) is 0 Å². The molecule has 118 valence electrons. The van der Waals surface area contributed by atoms with Gasteiger partial charge in [0.05, 0.1) is 11.1 Å². The molecule has 5 nitrogen and oxygen atoms in total. The Balaban J connectivity index is 2.70. The van der Waals surface area contributed by atoms with Crippen LogP contribution >= 0.6 is 15.9 Å². The number of ether oxygens (including phenoxy) is 2. The first kappa shape index (κ1) is 17.8. The summed E-state index contributed by atoms with van der Waals surface area (Å²) in [5.74, 6) is 0.981. The second-order valence-electron chi connectivity index (χ2n) is 4.53. The molecule has 0 aliphatic carbocycles. The minimum atomic E-state index is -0.138. The summed E-state index contributed by atoms with van der Waals surface area (Å²) in [6.07, 6.45) is 2.01. The fraction of sp³-hybridized carbons (Fsp3) is 0.533. The first-order chi connectivity index (χ1) is 10.1. The van der Waals surface area contributed by atoms with Crippen LogP contribution in [0.4, 0.5) is 0 Å². The van der Waals surface area contributed by atoms with Gasteiger partial charge < -0.3 is 20.5 Å². The molecule has 1 amide bonds. The van der Waals surface area contributed by atoms with Crippen molar-refractivity contribution >= 4 is 21.8 Å². The average Bonchev–Trinajstić information content (AvgIpc) is 2.46. The van der Waals surface area contributed by atoms with Crippen molar-refractivity contribution in [2.24, 2.45) is 5.73 Å². The van der Waals surface area contributed by atoms with Gasteiger partial charge in [-0.1, -0.05) is 13.3 Å². The van der Waals surface area contributed by atoms with Gasteiger partial charge in [0, 0.05) is 13.1 Å². The van der Waals surface area contributed by atoms with Crippen molar-refractivity contribution in [2.45, 2.75) is 33.2 Å². The number of unbranched alkanes of at least 4 members (excludes halogenated alkanes) is 1. The summed E-state index contributed by atoms with van der Waals surface area (Å²) >= 11 is 3.43. The van der Waals surface area contributed by atoms with E-state index in [4.69, 9.17) is 15.2 Å². The molecule has 0 heterocycles. The molecule has 1 aromatic carbocycles. The molecule has 0 saturated heterocycles. The molecule has 1 aromatic rings. The molecule has 0 radical (unpaired) electrons. The summed E-state index contributed by atoms with van der Waals surface area (Å²) < 4.78 is 11.9. The van der Waals surface area contributed by atoms with E-state index in [1.165, 1.54) is 0 Å². The molecular weight excluding hydrogens is 336 g/mol. The number of halogens is 1. The zero-order valence-corrected chi connectivity index (χ0v) is 14.2. The normalized spacial score (nSPS) is 10.3. The zero-order chi connectivity index (χ0) is 15.7. The fourth-order valence-corrected chi connectivity index (χ4v) is 2.34. The van der Waals surface area contributed by atoms with E-state index in [-0.39, 0.29) is 12.5 Å². The van der Waals surface area contributed by atoms with Gasteiger partial charge >= 0.3 is 0 Å². The number of nitrogens with two attached hydrogens (primary N) is 1. The molecule has 6 heteroatoms. The Hall–Kier alpha value is -1.27. The quantitative estimate of drug-likeness (QED) is 0.665. The third kappa shape index (κ3) is 5.93. The third-order valence-corrected chi connectivity index (χ3v) is 3.39. The van der Waals surface area contributed by atoms with Gasteiger partial charge in [0.1, 0.15) is 0 Å². The fourth-order valence-electron chi connectivity index (χ4n) is 1.74. The minimum absolute atomic E-state index is 0.0373. The predicted octanol–water partition coefficient (Wildman–Crippen LogP) is 2.60. The number of hydrogen-bond acceptors (Lipinski definition) is 4. The molecule has 0 atom stereocenters. The van der Waals surface area contributed by atoms with Gasteiger partial charge in [0.25, 0.3) is 5.91 Å². The van der Waals surface area contributed by atoms with E-state index in [1.54, 1.807) is 0 Å². The summed E-state index contributed by atoms with van der Waals surface area (Å²) in [5.41, 5.74) is 6.58. The van der Waals surface area contributed by atoms with E-state index in [2.05, 4.69) is 28.2 Å². The summed E-state index contributed by atoms with van der Waals surface area (Å²) in [6.45, 7) is 5.53. The van der Waals surface area contributed by atoms with Crippen molar-refractivity contribution in [1.29, 1.82) is 0 Å². The lowest BCUT2D eigenvalue weighted by molar-refractivity contribution is -0.123. The van der Waals surface area contributed by atoms with Gasteiger partial charge in [0.15, 0.2) is 18.1 Å². The van der Waals surface area contributed by atoms with Crippen molar-refractivity contribution in [2.75, 3.05) is 19.8 Å². The maximum atomic E-state index is 11.7. The van der Waals surface area contributed by atoms with Crippen LogP contribution in [0.3, 0.4) is 0 Å². The Kier molecular flexibility index (Phi) is 8.15. The highest BCUT2D eigenvalue weighted by Gasteiger charge is 2.13. The Morgan fingerprint density at radius 1 is 1.33 bits per heavy atom. The van der Waals surface area contributed by atoms with Crippen LogP contribution in [0.25, 0.3) is 0 Å². The lowest BCUT2D eigenvalue weighted by atomic mass is 10.2. The van der Waals surface area contributed by atoms with Crippen LogP contribution in [0.5, 0.6) is 11.5 Å². The first-order valence-electron chi connectivity index (χ1n) is 7.17. The molecular formula is C15H23BrN2O3. The Labute approximate surface area is 134 Å². The maximum absolute atomic E-state index is 11.7. The van der Waals surface area contributed by atoms with E-state index in [0.717, 1.165) is 22.9 Å². The highest BCUT2D eigenvalue weighted by atomic mass is 79.9. The molecule has 1 rings (SSSR count). The summed E-state index contributed by atoms with van der Waals surface area (Å²) in [4.78, 5) is 11.7. The number of amides is 1. The highest BCUT2D eigenvalue weighted by Crippen LogP contribution is 2.36. The van der Waals surface area contributed by atoms with E-state index >= 15 is 0 Å². The molecule has 0 saturated carbocycles. The predicted molar refractivity (Wildman–Crippen MR) is 86.6 cm³/mol. The maximum Gasteiger partial charge on any atom is 0.257 e. The molecule has 0 aliphatic heterocycles. The Morgan fingerprint density at radius 3 is 2.71 bits per heavy atom. The number of benzene rings is 1. The summed E-state index contributed by atoms with van der Waals surface area (Å²) in [6, 6.07) is 3.70. The molecule has 0 unspecified atom stereocenters. The van der Waals surface area contributed by atoms with Crippen molar-refractivity contribution in [3.8, 4) is 11.5 Å². The van der Waals surface area contributed by atoms with Crippen molar-refractivity contribution in [1.82, 2.24) is 5.32 Å². The largest absolute Gasteiger partial charge is 0.490 e. The van der Waals surface area contributed by atoms with Crippen molar-refractivity contribution in [3.63, 3.8) is 0 Å². The van der Waals surface area contributed by atoms with Crippen molar-refractivity contribution in [3.05, 3.63) is 22.2 Å². The van der Waals surface area contributed by atoms with E-state index in [0.29, 0.717) is 31.2 Å². The Bertz CT molecular complexity index is 466. The van der Waals surface area contributed by atoms with Gasteiger partial charge in [-0.25, -0.2) is 0 Å². The zero-order valence-electron chi connectivity index (χ0n) is 12.6. The molecule has 0 spiro atoms. The molecule has 21 heavy (non-hydrogen) atoms. The molecule has 0 fully saturated rings. The van der Waals surface area contributed by atoms with E-state index in [1.807, 2.05) is 19.1 Å². The molecule has 0 bridgehead atoms. The first-order valence-corrected chi connectivity index (χ1v) is 7.96. The van der Waals surface area contributed by atoms with Gasteiger partial charge in [-0.05, 0) is 47.0 Å². The van der Waals surface area contributed by atoms with Gasteiger partial charge in [-0.15, -0.1) is 0 Å². The highest BCUT2D eigenvalue weighted by molar-refractivity contribution is 9.10. The standard InChI is InChI=1S/C15H23BrN2O3/c1-3-5-6-18-14(19)10-21-15-12(16)7-11(9-17)8-13(15)20-4-2/h7-8H,3-6,9-10,17H2,1-2H3,(H,18,19). The SMILES string of the molecule is CCCCNC(=O)COc1c(Br)cc(CN)cc1OCC.